The van der Waals surface area contributed by atoms with E-state index in [-0.39, 0.29) is 5.91 Å². The molecule has 98 valence electrons. The van der Waals surface area contributed by atoms with E-state index in [1.54, 1.807) is 18.9 Å². The van der Waals surface area contributed by atoms with Crippen LogP contribution in [0.4, 0.5) is 0 Å². The van der Waals surface area contributed by atoms with Gasteiger partial charge in [0.1, 0.15) is 11.4 Å². The standard InChI is InChI=1S/C13H13N3O2S/c1-18-9-2-3-10-8(6-9)7-11(15-10)12(17)16-13-14-4-5-19-13/h2-3,6-7,15H,4-5H2,1H3,(H,14,16,17). The summed E-state index contributed by atoms with van der Waals surface area (Å²) in [5, 5.41) is 4.44. The number of hydrogen-bond donors (Lipinski definition) is 2. The van der Waals surface area contributed by atoms with Crippen molar-refractivity contribution in [3.05, 3.63) is 30.0 Å². The number of methoxy groups -OCH3 is 1. The van der Waals surface area contributed by atoms with Crippen molar-refractivity contribution < 1.29 is 9.53 Å². The van der Waals surface area contributed by atoms with E-state index < -0.39 is 0 Å². The molecule has 2 N–H and O–H groups in total. The molecule has 0 unspecified atom stereocenters. The van der Waals surface area contributed by atoms with E-state index in [4.69, 9.17) is 4.74 Å². The fraction of sp³-hybridized carbons (Fsp3) is 0.231. The summed E-state index contributed by atoms with van der Waals surface area (Å²) >= 11 is 1.56. The number of thioether (sulfide) groups is 1. The number of carbonyl (C=O) groups excluding carboxylic acids is 1. The highest BCUT2D eigenvalue weighted by Gasteiger charge is 2.14. The van der Waals surface area contributed by atoms with Crippen LogP contribution in [0.3, 0.4) is 0 Å². The molecule has 3 rings (SSSR count). The van der Waals surface area contributed by atoms with Crippen molar-refractivity contribution in [3.8, 4) is 5.75 Å². The van der Waals surface area contributed by atoms with E-state index in [1.165, 1.54) is 0 Å². The summed E-state index contributed by atoms with van der Waals surface area (Å²) in [7, 11) is 1.62. The molecule has 0 radical (unpaired) electrons. The van der Waals surface area contributed by atoms with Crippen molar-refractivity contribution in [3.63, 3.8) is 0 Å². The maximum atomic E-state index is 12.1. The quantitative estimate of drug-likeness (QED) is 0.881. The van der Waals surface area contributed by atoms with Crippen LogP contribution in [-0.2, 0) is 0 Å². The third-order valence-electron chi connectivity index (χ3n) is 2.88. The van der Waals surface area contributed by atoms with Gasteiger partial charge in [-0.25, -0.2) is 0 Å². The predicted octanol–water partition coefficient (Wildman–Crippen LogP) is 2.01. The molecule has 1 aromatic heterocycles. The molecule has 0 saturated heterocycles. The maximum absolute atomic E-state index is 12.1. The number of aromatic amines is 1. The van der Waals surface area contributed by atoms with Crippen molar-refractivity contribution in [1.82, 2.24) is 10.3 Å². The second-order valence-corrected chi connectivity index (χ2v) is 5.21. The SMILES string of the molecule is COc1ccc2[nH]c(C(=O)NC3=NCCS3)cc2c1. The molecule has 1 amide bonds. The van der Waals surface area contributed by atoms with Crippen LogP contribution < -0.4 is 10.1 Å². The van der Waals surface area contributed by atoms with Crippen LogP contribution in [0.5, 0.6) is 5.75 Å². The Hall–Kier alpha value is -1.95. The van der Waals surface area contributed by atoms with Crippen LogP contribution in [0.2, 0.25) is 0 Å². The zero-order valence-corrected chi connectivity index (χ0v) is 11.2. The molecule has 1 aliphatic heterocycles. The van der Waals surface area contributed by atoms with Crippen molar-refractivity contribution in [1.29, 1.82) is 0 Å². The summed E-state index contributed by atoms with van der Waals surface area (Å²) in [5.74, 6) is 1.54. The van der Waals surface area contributed by atoms with Gasteiger partial charge in [0.25, 0.3) is 5.91 Å². The highest BCUT2D eigenvalue weighted by Crippen LogP contribution is 2.21. The first-order valence-corrected chi connectivity index (χ1v) is 6.90. The second-order valence-electron chi connectivity index (χ2n) is 4.13. The van der Waals surface area contributed by atoms with E-state index >= 15 is 0 Å². The lowest BCUT2D eigenvalue weighted by molar-refractivity contribution is 0.0974. The van der Waals surface area contributed by atoms with Gasteiger partial charge in [-0.3, -0.25) is 9.79 Å². The summed E-state index contributed by atoms with van der Waals surface area (Å²) in [6.45, 7) is 0.768. The molecule has 0 atom stereocenters. The van der Waals surface area contributed by atoms with Gasteiger partial charge < -0.3 is 15.0 Å². The fourth-order valence-electron chi connectivity index (χ4n) is 1.94. The Morgan fingerprint density at radius 1 is 1.47 bits per heavy atom. The first-order valence-electron chi connectivity index (χ1n) is 5.91. The minimum Gasteiger partial charge on any atom is -0.497 e. The van der Waals surface area contributed by atoms with E-state index in [0.717, 1.165) is 29.0 Å². The van der Waals surface area contributed by atoms with E-state index in [2.05, 4.69) is 15.3 Å². The Labute approximate surface area is 114 Å². The monoisotopic (exact) mass is 275 g/mol. The van der Waals surface area contributed by atoms with Gasteiger partial charge in [-0.1, -0.05) is 11.8 Å². The van der Waals surface area contributed by atoms with Gasteiger partial charge in [-0.2, -0.15) is 0 Å². The number of rotatable bonds is 2. The average molecular weight is 275 g/mol. The van der Waals surface area contributed by atoms with Crippen LogP contribution in [0.15, 0.2) is 29.3 Å². The normalized spacial score (nSPS) is 14.5. The van der Waals surface area contributed by atoms with Crippen LogP contribution in [0, 0.1) is 0 Å². The highest BCUT2D eigenvalue weighted by molar-refractivity contribution is 8.14. The topological polar surface area (TPSA) is 66.5 Å². The van der Waals surface area contributed by atoms with E-state index in [9.17, 15) is 4.79 Å². The van der Waals surface area contributed by atoms with Crippen molar-refractivity contribution in [2.24, 2.45) is 4.99 Å². The van der Waals surface area contributed by atoms with Crippen LogP contribution in [-0.4, -0.2) is 35.5 Å². The number of hydrogen-bond acceptors (Lipinski definition) is 4. The van der Waals surface area contributed by atoms with Gasteiger partial charge in [-0.05, 0) is 24.3 Å². The van der Waals surface area contributed by atoms with E-state index in [1.807, 2.05) is 24.3 Å². The number of ether oxygens (including phenoxy) is 1. The smallest absolute Gasteiger partial charge is 0.273 e. The molecule has 19 heavy (non-hydrogen) atoms. The average Bonchev–Trinajstić information content (AvgIpc) is 3.05. The molecule has 0 fully saturated rings. The molecule has 6 heteroatoms. The molecule has 0 spiro atoms. The number of nitrogens with zero attached hydrogens (tertiary/aromatic N) is 1. The molecule has 0 bridgehead atoms. The van der Waals surface area contributed by atoms with Gasteiger partial charge >= 0.3 is 0 Å². The number of H-pyrrole nitrogens is 1. The number of aromatic nitrogens is 1. The molecule has 0 saturated carbocycles. The third-order valence-corrected chi connectivity index (χ3v) is 3.77. The molecule has 1 aromatic carbocycles. The minimum atomic E-state index is -0.164. The maximum Gasteiger partial charge on any atom is 0.273 e. The molecule has 0 aliphatic carbocycles. The second kappa shape index (κ2) is 4.97. The van der Waals surface area contributed by atoms with Crippen LogP contribution in [0.1, 0.15) is 10.5 Å². The summed E-state index contributed by atoms with van der Waals surface area (Å²) < 4.78 is 5.16. The van der Waals surface area contributed by atoms with Gasteiger partial charge in [0.05, 0.1) is 13.7 Å². The molecule has 2 aromatic rings. The van der Waals surface area contributed by atoms with Gasteiger partial charge in [0.2, 0.25) is 0 Å². The lowest BCUT2D eigenvalue weighted by Crippen LogP contribution is -2.27. The number of benzene rings is 1. The van der Waals surface area contributed by atoms with Gasteiger partial charge in [-0.15, -0.1) is 0 Å². The molecule has 5 nitrogen and oxygen atoms in total. The molecule has 1 aliphatic rings. The Balaban J connectivity index is 1.85. The lowest BCUT2D eigenvalue weighted by atomic mass is 10.2. The van der Waals surface area contributed by atoms with Crippen molar-refractivity contribution in [2.75, 3.05) is 19.4 Å². The summed E-state index contributed by atoms with van der Waals surface area (Å²) in [4.78, 5) is 19.3. The van der Waals surface area contributed by atoms with Crippen molar-refractivity contribution in [2.45, 2.75) is 0 Å². The van der Waals surface area contributed by atoms with Crippen molar-refractivity contribution >= 4 is 33.7 Å². The predicted molar refractivity (Wildman–Crippen MR) is 77.1 cm³/mol. The number of nitrogens with one attached hydrogen (secondary N) is 2. The zero-order chi connectivity index (χ0) is 13.2. The lowest BCUT2D eigenvalue weighted by Gasteiger charge is -2.00. The Morgan fingerprint density at radius 3 is 3.11 bits per heavy atom. The largest absolute Gasteiger partial charge is 0.497 e. The number of carbonyl (C=O) groups is 1. The van der Waals surface area contributed by atoms with Crippen LogP contribution >= 0.6 is 11.8 Å². The number of amidine groups is 1. The molecule has 2 heterocycles. The van der Waals surface area contributed by atoms with E-state index in [0.29, 0.717) is 10.9 Å². The van der Waals surface area contributed by atoms with Gasteiger partial charge in [0.15, 0.2) is 5.17 Å². The summed E-state index contributed by atoms with van der Waals surface area (Å²) in [6.07, 6.45) is 0. The third kappa shape index (κ3) is 2.44. The van der Waals surface area contributed by atoms with Gasteiger partial charge in [0, 0.05) is 16.7 Å². The molecular formula is C13H13N3O2S. The number of fused-ring (bicyclic) bond motifs is 1. The zero-order valence-electron chi connectivity index (χ0n) is 10.4. The number of amides is 1. The summed E-state index contributed by atoms with van der Waals surface area (Å²) in [5.41, 5.74) is 1.44. The fourth-order valence-corrected chi connectivity index (χ4v) is 2.66. The Morgan fingerprint density at radius 2 is 2.37 bits per heavy atom. The first-order chi connectivity index (χ1) is 9.26. The molecular weight excluding hydrogens is 262 g/mol. The highest BCUT2D eigenvalue weighted by atomic mass is 32.2. The Kier molecular flexibility index (Phi) is 3.16. The first kappa shape index (κ1) is 12.1. The van der Waals surface area contributed by atoms with Crippen LogP contribution in [0.25, 0.3) is 10.9 Å². The Bertz CT molecular complexity index is 663. The number of aliphatic imine (C=N–C) groups is 1. The summed E-state index contributed by atoms with van der Waals surface area (Å²) in [6, 6.07) is 7.46. The minimum absolute atomic E-state index is 0.164.